The highest BCUT2D eigenvalue weighted by atomic mass is 79.9. The number of fused-ring (bicyclic) bond motifs is 2. The minimum absolute atomic E-state index is 0.670. The van der Waals surface area contributed by atoms with E-state index < -0.39 is 0 Å². The van der Waals surface area contributed by atoms with Crippen molar-refractivity contribution in [1.29, 1.82) is 0 Å². The first-order valence-corrected chi connectivity index (χ1v) is 6.49. The SMILES string of the molecule is BrCc1ncoc1C1CC2CCC1C2. The lowest BCUT2D eigenvalue weighted by Crippen LogP contribution is -2.09. The first-order valence-electron chi connectivity index (χ1n) is 5.36. The first-order chi connectivity index (χ1) is 6.88. The third-order valence-electron chi connectivity index (χ3n) is 3.87. The summed E-state index contributed by atoms with van der Waals surface area (Å²) in [6.45, 7) is 0. The predicted octanol–water partition coefficient (Wildman–Crippen LogP) is 3.47. The maximum atomic E-state index is 5.55. The minimum Gasteiger partial charge on any atom is -0.448 e. The molecule has 3 heteroatoms. The van der Waals surface area contributed by atoms with E-state index >= 15 is 0 Å². The highest BCUT2D eigenvalue weighted by molar-refractivity contribution is 9.08. The van der Waals surface area contributed by atoms with Crippen LogP contribution < -0.4 is 0 Å². The Morgan fingerprint density at radius 2 is 2.36 bits per heavy atom. The van der Waals surface area contributed by atoms with E-state index in [1.165, 1.54) is 25.7 Å². The van der Waals surface area contributed by atoms with Crippen LogP contribution in [0.4, 0.5) is 0 Å². The highest BCUT2D eigenvalue weighted by Crippen LogP contribution is 2.53. The topological polar surface area (TPSA) is 26.0 Å². The average molecular weight is 256 g/mol. The summed E-state index contributed by atoms with van der Waals surface area (Å²) < 4.78 is 5.55. The molecule has 0 N–H and O–H groups in total. The summed E-state index contributed by atoms with van der Waals surface area (Å²) in [5.74, 6) is 3.68. The van der Waals surface area contributed by atoms with Crippen molar-refractivity contribution < 1.29 is 4.42 Å². The Labute approximate surface area is 92.2 Å². The summed E-state index contributed by atoms with van der Waals surface area (Å²) in [6, 6.07) is 0. The van der Waals surface area contributed by atoms with E-state index in [0.29, 0.717) is 5.92 Å². The molecule has 0 amide bonds. The van der Waals surface area contributed by atoms with Crippen LogP contribution in [0.1, 0.15) is 43.1 Å². The van der Waals surface area contributed by atoms with Crippen LogP contribution in [0.15, 0.2) is 10.8 Å². The Morgan fingerprint density at radius 1 is 1.43 bits per heavy atom. The van der Waals surface area contributed by atoms with Crippen molar-refractivity contribution in [3.05, 3.63) is 17.8 Å². The maximum absolute atomic E-state index is 5.55. The lowest BCUT2D eigenvalue weighted by Gasteiger charge is -2.19. The molecule has 76 valence electrons. The normalized spacial score (nSPS) is 35.4. The molecule has 0 saturated heterocycles. The zero-order valence-electron chi connectivity index (χ0n) is 8.08. The largest absolute Gasteiger partial charge is 0.448 e. The quantitative estimate of drug-likeness (QED) is 0.757. The van der Waals surface area contributed by atoms with Crippen molar-refractivity contribution in [3.8, 4) is 0 Å². The third kappa shape index (κ3) is 1.25. The molecule has 0 aromatic carbocycles. The number of aromatic nitrogens is 1. The minimum atomic E-state index is 0.670. The van der Waals surface area contributed by atoms with Gasteiger partial charge in [0, 0.05) is 11.2 Å². The van der Waals surface area contributed by atoms with Gasteiger partial charge in [0.25, 0.3) is 0 Å². The van der Waals surface area contributed by atoms with E-state index in [-0.39, 0.29) is 0 Å². The highest BCUT2D eigenvalue weighted by Gasteiger charge is 2.42. The molecule has 3 rings (SSSR count). The molecule has 3 atom stereocenters. The summed E-state index contributed by atoms with van der Waals surface area (Å²) in [6.07, 6.45) is 7.20. The van der Waals surface area contributed by atoms with Crippen LogP contribution in [-0.4, -0.2) is 4.98 Å². The smallest absolute Gasteiger partial charge is 0.181 e. The number of hydrogen-bond acceptors (Lipinski definition) is 2. The van der Waals surface area contributed by atoms with Crippen LogP contribution >= 0.6 is 15.9 Å². The Kier molecular flexibility index (Phi) is 2.15. The molecular weight excluding hydrogens is 242 g/mol. The molecule has 2 aliphatic carbocycles. The van der Waals surface area contributed by atoms with Crippen LogP contribution in [0.2, 0.25) is 0 Å². The number of oxazole rings is 1. The van der Waals surface area contributed by atoms with E-state index in [0.717, 1.165) is 28.6 Å². The molecule has 0 radical (unpaired) electrons. The van der Waals surface area contributed by atoms with Crippen LogP contribution in [-0.2, 0) is 5.33 Å². The fraction of sp³-hybridized carbons (Fsp3) is 0.727. The fourth-order valence-electron chi connectivity index (χ4n) is 3.25. The number of nitrogens with zero attached hydrogens (tertiary/aromatic N) is 1. The van der Waals surface area contributed by atoms with Crippen molar-refractivity contribution >= 4 is 15.9 Å². The van der Waals surface area contributed by atoms with Crippen molar-refractivity contribution in [1.82, 2.24) is 4.98 Å². The number of halogens is 1. The van der Waals surface area contributed by atoms with Gasteiger partial charge < -0.3 is 4.42 Å². The van der Waals surface area contributed by atoms with E-state index in [1.807, 2.05) is 0 Å². The Bertz CT molecular complexity index is 336. The molecule has 2 nitrogen and oxygen atoms in total. The number of hydrogen-bond donors (Lipinski definition) is 0. The van der Waals surface area contributed by atoms with Crippen molar-refractivity contribution in [3.63, 3.8) is 0 Å². The second-order valence-electron chi connectivity index (χ2n) is 4.58. The van der Waals surface area contributed by atoms with E-state index in [2.05, 4.69) is 20.9 Å². The Balaban J connectivity index is 1.89. The molecule has 2 aliphatic rings. The van der Waals surface area contributed by atoms with Crippen LogP contribution in [0, 0.1) is 11.8 Å². The molecule has 2 bridgehead atoms. The van der Waals surface area contributed by atoms with Crippen LogP contribution in [0.25, 0.3) is 0 Å². The van der Waals surface area contributed by atoms with E-state index in [4.69, 9.17) is 4.42 Å². The summed E-state index contributed by atoms with van der Waals surface area (Å²) in [7, 11) is 0. The van der Waals surface area contributed by atoms with Crippen molar-refractivity contribution in [2.45, 2.75) is 36.9 Å². The second kappa shape index (κ2) is 3.37. The zero-order chi connectivity index (χ0) is 9.54. The van der Waals surface area contributed by atoms with Crippen molar-refractivity contribution in [2.75, 3.05) is 0 Å². The maximum Gasteiger partial charge on any atom is 0.181 e. The van der Waals surface area contributed by atoms with Gasteiger partial charge in [-0.15, -0.1) is 0 Å². The van der Waals surface area contributed by atoms with Gasteiger partial charge in [-0.2, -0.15) is 0 Å². The molecule has 2 fully saturated rings. The third-order valence-corrected chi connectivity index (χ3v) is 4.41. The van der Waals surface area contributed by atoms with Gasteiger partial charge in [-0.3, -0.25) is 0 Å². The van der Waals surface area contributed by atoms with Gasteiger partial charge >= 0.3 is 0 Å². The van der Waals surface area contributed by atoms with Crippen molar-refractivity contribution in [2.24, 2.45) is 11.8 Å². The Morgan fingerprint density at radius 3 is 3.00 bits per heavy atom. The van der Waals surface area contributed by atoms with E-state index in [1.54, 1.807) is 6.39 Å². The number of alkyl halides is 1. The lowest BCUT2D eigenvalue weighted by molar-refractivity contribution is 0.354. The molecule has 1 aromatic heterocycles. The predicted molar refractivity (Wildman–Crippen MR) is 57.3 cm³/mol. The molecular formula is C11H14BrNO. The van der Waals surface area contributed by atoms with Gasteiger partial charge in [-0.25, -0.2) is 4.98 Å². The molecule has 3 unspecified atom stereocenters. The standard InChI is InChI=1S/C11H14BrNO/c12-5-10-11(14-6-13-10)9-4-7-1-2-8(9)3-7/h6-9H,1-5H2. The van der Waals surface area contributed by atoms with Crippen LogP contribution in [0.3, 0.4) is 0 Å². The molecule has 1 heterocycles. The number of rotatable bonds is 2. The molecule has 2 saturated carbocycles. The summed E-state index contributed by atoms with van der Waals surface area (Å²) in [5.41, 5.74) is 1.11. The van der Waals surface area contributed by atoms with Gasteiger partial charge in [-0.1, -0.05) is 22.4 Å². The molecule has 0 aliphatic heterocycles. The summed E-state index contributed by atoms with van der Waals surface area (Å²) >= 11 is 3.47. The van der Waals surface area contributed by atoms with Gasteiger partial charge in [0.05, 0.1) is 5.69 Å². The zero-order valence-corrected chi connectivity index (χ0v) is 9.66. The summed E-state index contributed by atoms with van der Waals surface area (Å²) in [5, 5.41) is 0.826. The lowest BCUT2D eigenvalue weighted by atomic mass is 9.86. The fourth-order valence-corrected chi connectivity index (χ4v) is 3.67. The van der Waals surface area contributed by atoms with Crippen LogP contribution in [0.5, 0.6) is 0 Å². The van der Waals surface area contributed by atoms with Gasteiger partial charge in [-0.05, 0) is 31.1 Å². The molecule has 0 spiro atoms. The molecule has 14 heavy (non-hydrogen) atoms. The van der Waals surface area contributed by atoms with Gasteiger partial charge in [0.1, 0.15) is 5.76 Å². The first kappa shape index (κ1) is 8.96. The average Bonchev–Trinajstić information content (AvgIpc) is 2.92. The van der Waals surface area contributed by atoms with Gasteiger partial charge in [0.15, 0.2) is 6.39 Å². The second-order valence-corrected chi connectivity index (χ2v) is 5.14. The molecule has 1 aromatic rings. The Hall–Kier alpha value is -0.310. The summed E-state index contributed by atoms with van der Waals surface area (Å²) in [4.78, 5) is 4.25. The van der Waals surface area contributed by atoms with Gasteiger partial charge in [0.2, 0.25) is 0 Å². The monoisotopic (exact) mass is 255 g/mol. The van der Waals surface area contributed by atoms with E-state index in [9.17, 15) is 0 Å².